The fourth-order valence-corrected chi connectivity index (χ4v) is 4.98. The standard InChI is InChI=1S/C28H24F2N6O2/c1-15-11-24(38-27-19(29)6-3-7-20(27)30)32-14-23(15)36-28(31)18(13-33-36)26(37)22-12-17-21(34-22)9-8-16-5-4-10-35(2)25(16)17/h3,6-9,11-14,34H,4-5,10,31H2,1-2H3. The maximum atomic E-state index is 14.0. The van der Waals surface area contributed by atoms with Crippen LogP contribution < -0.4 is 15.4 Å². The Morgan fingerprint density at radius 3 is 2.68 bits per heavy atom. The molecule has 8 nitrogen and oxygen atoms in total. The quantitative estimate of drug-likeness (QED) is 0.308. The number of aryl methyl sites for hydroxylation is 2. The molecule has 0 saturated heterocycles. The van der Waals surface area contributed by atoms with Crippen molar-refractivity contribution in [3.63, 3.8) is 0 Å². The van der Waals surface area contributed by atoms with E-state index in [9.17, 15) is 13.6 Å². The van der Waals surface area contributed by atoms with Gasteiger partial charge in [0.05, 0.1) is 29.3 Å². The van der Waals surface area contributed by atoms with Crippen molar-refractivity contribution in [2.24, 2.45) is 0 Å². The first kappa shape index (κ1) is 23.7. The summed E-state index contributed by atoms with van der Waals surface area (Å²) in [6.07, 6.45) is 4.95. The van der Waals surface area contributed by atoms with Gasteiger partial charge in [0, 0.05) is 36.2 Å². The second kappa shape index (κ2) is 8.98. The first-order valence-corrected chi connectivity index (χ1v) is 12.1. The molecule has 3 N–H and O–H groups in total. The molecule has 0 saturated carbocycles. The molecule has 1 aliphatic rings. The fraction of sp³-hybridized carbons (Fsp3) is 0.179. The zero-order valence-corrected chi connectivity index (χ0v) is 20.8. The minimum atomic E-state index is -0.836. The number of aromatic amines is 1. The van der Waals surface area contributed by atoms with Crippen molar-refractivity contribution in [3.8, 4) is 17.3 Å². The number of halogens is 2. The van der Waals surface area contributed by atoms with Gasteiger partial charge in [0.2, 0.25) is 17.4 Å². The lowest BCUT2D eigenvalue weighted by molar-refractivity contribution is 0.103. The van der Waals surface area contributed by atoms with Crippen LogP contribution in [0.3, 0.4) is 0 Å². The monoisotopic (exact) mass is 514 g/mol. The fourth-order valence-electron chi connectivity index (χ4n) is 4.98. The van der Waals surface area contributed by atoms with Crippen LogP contribution in [-0.2, 0) is 6.42 Å². The molecule has 0 fully saturated rings. The number of hydrogen-bond donors (Lipinski definition) is 2. The Labute approximate surface area is 216 Å². The number of carbonyl (C=O) groups is 1. The third kappa shape index (κ3) is 3.85. The molecular weight excluding hydrogens is 490 g/mol. The third-order valence-corrected chi connectivity index (χ3v) is 6.89. The maximum Gasteiger partial charge on any atom is 0.219 e. The molecule has 0 bridgehead atoms. The molecule has 0 amide bonds. The molecule has 0 radical (unpaired) electrons. The molecule has 192 valence electrons. The van der Waals surface area contributed by atoms with E-state index in [0.717, 1.165) is 48.1 Å². The van der Waals surface area contributed by atoms with Crippen LogP contribution >= 0.6 is 0 Å². The average Bonchev–Trinajstić information content (AvgIpc) is 3.50. The van der Waals surface area contributed by atoms with Crippen LogP contribution in [0.15, 0.2) is 54.9 Å². The van der Waals surface area contributed by atoms with Gasteiger partial charge in [0.1, 0.15) is 5.82 Å². The van der Waals surface area contributed by atoms with Crippen molar-refractivity contribution < 1.29 is 18.3 Å². The van der Waals surface area contributed by atoms with Crippen molar-refractivity contribution in [2.75, 3.05) is 24.2 Å². The Morgan fingerprint density at radius 2 is 1.92 bits per heavy atom. The van der Waals surface area contributed by atoms with Crippen LogP contribution in [0.1, 0.15) is 33.6 Å². The molecule has 4 heterocycles. The van der Waals surface area contributed by atoms with E-state index in [0.29, 0.717) is 16.9 Å². The number of carbonyl (C=O) groups excluding carboxylic acids is 1. The van der Waals surface area contributed by atoms with E-state index < -0.39 is 17.4 Å². The minimum absolute atomic E-state index is 0.00338. The number of nitrogen functional groups attached to an aromatic ring is 1. The van der Waals surface area contributed by atoms with Gasteiger partial charge in [-0.1, -0.05) is 12.1 Å². The number of para-hydroxylation sites is 1. The lowest BCUT2D eigenvalue weighted by Gasteiger charge is -2.28. The zero-order chi connectivity index (χ0) is 26.6. The van der Waals surface area contributed by atoms with E-state index in [1.807, 2.05) is 12.1 Å². The van der Waals surface area contributed by atoms with Crippen LogP contribution in [0, 0.1) is 18.6 Å². The van der Waals surface area contributed by atoms with Crippen molar-refractivity contribution >= 4 is 28.2 Å². The number of aromatic nitrogens is 4. The molecular formula is C28H24F2N6O2. The van der Waals surface area contributed by atoms with E-state index in [4.69, 9.17) is 10.5 Å². The number of ketones is 1. The molecule has 10 heteroatoms. The molecule has 2 aromatic carbocycles. The number of pyridine rings is 1. The second-order valence-electron chi connectivity index (χ2n) is 9.39. The van der Waals surface area contributed by atoms with Gasteiger partial charge < -0.3 is 20.4 Å². The number of nitrogens with two attached hydrogens (primary N) is 1. The number of hydrogen-bond acceptors (Lipinski definition) is 6. The molecule has 1 aliphatic heterocycles. The number of nitrogens with one attached hydrogen (secondary N) is 1. The van der Waals surface area contributed by atoms with Gasteiger partial charge in [-0.3, -0.25) is 4.79 Å². The van der Waals surface area contributed by atoms with Crippen LogP contribution in [-0.4, -0.2) is 39.1 Å². The van der Waals surface area contributed by atoms with E-state index in [1.54, 1.807) is 6.92 Å². The summed E-state index contributed by atoms with van der Waals surface area (Å²) in [6, 6.07) is 10.9. The highest BCUT2D eigenvalue weighted by Crippen LogP contribution is 2.35. The van der Waals surface area contributed by atoms with E-state index >= 15 is 0 Å². The predicted octanol–water partition coefficient (Wildman–Crippen LogP) is 5.32. The summed E-state index contributed by atoms with van der Waals surface area (Å²) in [5.41, 5.74) is 11.5. The van der Waals surface area contributed by atoms with Gasteiger partial charge in [-0.15, -0.1) is 0 Å². The zero-order valence-electron chi connectivity index (χ0n) is 20.8. The highest BCUT2D eigenvalue weighted by atomic mass is 19.1. The lowest BCUT2D eigenvalue weighted by Crippen LogP contribution is -2.24. The third-order valence-electron chi connectivity index (χ3n) is 6.89. The Bertz CT molecular complexity index is 1700. The van der Waals surface area contributed by atoms with Crippen molar-refractivity contribution in [1.29, 1.82) is 0 Å². The smallest absolute Gasteiger partial charge is 0.219 e. The summed E-state index contributed by atoms with van der Waals surface area (Å²) in [6.45, 7) is 2.72. The van der Waals surface area contributed by atoms with Crippen molar-refractivity contribution in [3.05, 3.63) is 88.9 Å². The number of fused-ring (bicyclic) bond motifs is 3. The highest BCUT2D eigenvalue weighted by Gasteiger charge is 2.23. The number of benzene rings is 2. The number of ether oxygens (including phenoxy) is 1. The highest BCUT2D eigenvalue weighted by molar-refractivity contribution is 6.13. The summed E-state index contributed by atoms with van der Waals surface area (Å²) in [5, 5.41) is 5.32. The first-order valence-electron chi connectivity index (χ1n) is 12.1. The predicted molar refractivity (Wildman–Crippen MR) is 140 cm³/mol. The summed E-state index contributed by atoms with van der Waals surface area (Å²) >= 11 is 0. The lowest BCUT2D eigenvalue weighted by atomic mass is 9.99. The summed E-state index contributed by atoms with van der Waals surface area (Å²) in [7, 11) is 2.06. The van der Waals surface area contributed by atoms with Gasteiger partial charge in [-0.25, -0.2) is 18.4 Å². The molecule has 0 unspecified atom stereocenters. The normalized spacial score (nSPS) is 13.1. The number of H-pyrrole nitrogens is 1. The van der Waals surface area contributed by atoms with E-state index in [-0.39, 0.29) is 23.0 Å². The molecule has 0 atom stereocenters. The van der Waals surface area contributed by atoms with E-state index in [1.165, 1.54) is 34.8 Å². The Hall–Kier alpha value is -4.73. The summed E-state index contributed by atoms with van der Waals surface area (Å²) in [4.78, 5) is 23.1. The number of anilines is 2. The molecule has 5 aromatic rings. The van der Waals surface area contributed by atoms with Gasteiger partial charge in [-0.05, 0) is 55.2 Å². The van der Waals surface area contributed by atoms with Crippen LogP contribution in [0.2, 0.25) is 0 Å². The molecule has 38 heavy (non-hydrogen) atoms. The molecule has 3 aromatic heterocycles. The van der Waals surface area contributed by atoms with Gasteiger partial charge >= 0.3 is 0 Å². The Balaban J connectivity index is 1.31. The van der Waals surface area contributed by atoms with Crippen molar-refractivity contribution in [2.45, 2.75) is 19.8 Å². The van der Waals surface area contributed by atoms with Crippen LogP contribution in [0.25, 0.3) is 16.6 Å². The van der Waals surface area contributed by atoms with Crippen LogP contribution in [0.4, 0.5) is 20.3 Å². The largest absolute Gasteiger partial charge is 0.433 e. The Kier molecular flexibility index (Phi) is 5.59. The summed E-state index contributed by atoms with van der Waals surface area (Å²) < 4.78 is 34.7. The summed E-state index contributed by atoms with van der Waals surface area (Å²) in [5.74, 6) is -2.34. The maximum absolute atomic E-state index is 14.0. The molecule has 0 spiro atoms. The molecule has 6 rings (SSSR count). The molecule has 0 aliphatic carbocycles. The average molecular weight is 515 g/mol. The van der Waals surface area contributed by atoms with E-state index in [2.05, 4.69) is 33.1 Å². The van der Waals surface area contributed by atoms with Gasteiger partial charge in [-0.2, -0.15) is 5.10 Å². The topological polar surface area (TPSA) is 102 Å². The van der Waals surface area contributed by atoms with Gasteiger partial charge in [0.15, 0.2) is 11.6 Å². The van der Waals surface area contributed by atoms with Crippen molar-refractivity contribution in [1.82, 2.24) is 19.7 Å². The van der Waals surface area contributed by atoms with Crippen LogP contribution in [0.5, 0.6) is 11.6 Å². The second-order valence-corrected chi connectivity index (χ2v) is 9.39. The SMILES string of the molecule is Cc1cc(Oc2c(F)cccc2F)ncc1-n1ncc(C(=O)c2cc3c4c(ccc3[nH]2)CCCN4C)c1N. The minimum Gasteiger partial charge on any atom is -0.433 e. The first-order chi connectivity index (χ1) is 18.3. The Morgan fingerprint density at radius 1 is 1.13 bits per heavy atom. The number of rotatable bonds is 5. The number of nitrogens with zero attached hydrogens (tertiary/aromatic N) is 4. The van der Waals surface area contributed by atoms with Gasteiger partial charge in [0.25, 0.3) is 0 Å².